The molecule has 1 aliphatic rings. The van der Waals surface area contributed by atoms with Crippen molar-refractivity contribution in [3.8, 4) is 5.75 Å². The second kappa shape index (κ2) is 9.56. The average Bonchev–Trinajstić information content (AvgIpc) is 2.84. The van der Waals surface area contributed by atoms with Crippen molar-refractivity contribution in [2.45, 2.75) is 6.42 Å². The Labute approximate surface area is 198 Å². The smallest absolute Gasteiger partial charge is 0.335 e. The van der Waals surface area contributed by atoms with E-state index in [4.69, 9.17) is 4.74 Å². The molecule has 176 valence electrons. The predicted molar refractivity (Wildman–Crippen MR) is 124 cm³/mol. The maximum absolute atomic E-state index is 14.1. The number of nitrogens with zero attached hydrogens (tertiary/aromatic N) is 2. The van der Waals surface area contributed by atoms with E-state index in [1.165, 1.54) is 37.5 Å². The molecule has 0 spiro atoms. The van der Waals surface area contributed by atoms with Crippen LogP contribution in [-0.2, 0) is 16.0 Å². The van der Waals surface area contributed by atoms with Crippen LogP contribution in [0.1, 0.15) is 16.7 Å². The third-order valence-corrected chi connectivity index (χ3v) is 5.36. The normalized spacial score (nSPS) is 14.7. The third kappa shape index (κ3) is 4.76. The first kappa shape index (κ1) is 23.3. The zero-order valence-corrected chi connectivity index (χ0v) is 18.4. The van der Waals surface area contributed by atoms with Crippen molar-refractivity contribution in [1.82, 2.24) is 5.32 Å². The summed E-state index contributed by atoms with van der Waals surface area (Å²) in [6.07, 6.45) is 1.55. The van der Waals surface area contributed by atoms with E-state index in [0.717, 1.165) is 6.07 Å². The Morgan fingerprint density at radius 2 is 1.80 bits per heavy atom. The Bertz CT molecular complexity index is 1400. The monoisotopic (exact) mass is 475 g/mol. The lowest BCUT2D eigenvalue weighted by Gasteiger charge is -2.26. The fourth-order valence-electron chi connectivity index (χ4n) is 3.65. The van der Waals surface area contributed by atoms with Crippen molar-refractivity contribution in [1.29, 1.82) is 0 Å². The van der Waals surface area contributed by atoms with Gasteiger partial charge in [-0.3, -0.25) is 25.0 Å². The summed E-state index contributed by atoms with van der Waals surface area (Å²) in [4.78, 5) is 49.0. The summed E-state index contributed by atoms with van der Waals surface area (Å²) in [6, 6.07) is 15.2. The van der Waals surface area contributed by atoms with E-state index in [9.17, 15) is 28.9 Å². The van der Waals surface area contributed by atoms with Crippen molar-refractivity contribution in [2.24, 2.45) is 0 Å². The first-order valence-corrected chi connectivity index (χ1v) is 10.3. The van der Waals surface area contributed by atoms with E-state index in [2.05, 4.69) is 5.32 Å². The summed E-state index contributed by atoms with van der Waals surface area (Å²) < 4.78 is 19.5. The van der Waals surface area contributed by atoms with E-state index in [1.807, 2.05) is 0 Å². The van der Waals surface area contributed by atoms with Crippen LogP contribution >= 0.6 is 0 Å². The van der Waals surface area contributed by atoms with Crippen LogP contribution in [0.15, 0.2) is 72.3 Å². The number of halogens is 1. The molecule has 4 rings (SSSR count). The van der Waals surface area contributed by atoms with Crippen LogP contribution in [0, 0.1) is 15.9 Å². The molecule has 0 aromatic heterocycles. The average molecular weight is 475 g/mol. The highest BCUT2D eigenvalue weighted by molar-refractivity contribution is 6.39. The van der Waals surface area contributed by atoms with E-state index in [-0.39, 0.29) is 29.2 Å². The molecule has 0 saturated carbocycles. The number of urea groups is 1. The lowest BCUT2D eigenvalue weighted by molar-refractivity contribution is -0.384. The molecule has 3 aromatic rings. The second-order valence-corrected chi connectivity index (χ2v) is 7.57. The molecule has 1 saturated heterocycles. The van der Waals surface area contributed by atoms with Gasteiger partial charge >= 0.3 is 6.03 Å². The van der Waals surface area contributed by atoms with E-state index in [1.54, 1.807) is 36.4 Å². The maximum Gasteiger partial charge on any atom is 0.335 e. The molecule has 0 bridgehead atoms. The van der Waals surface area contributed by atoms with Crippen LogP contribution in [0.2, 0.25) is 0 Å². The number of rotatable bonds is 6. The van der Waals surface area contributed by atoms with Crippen LogP contribution in [0.4, 0.5) is 20.6 Å². The molecular formula is C25H18FN3O6. The summed E-state index contributed by atoms with van der Waals surface area (Å²) in [6.45, 7) is 0. The van der Waals surface area contributed by atoms with Crippen molar-refractivity contribution in [3.63, 3.8) is 0 Å². The van der Waals surface area contributed by atoms with Crippen LogP contribution in [-0.4, -0.2) is 29.9 Å². The Morgan fingerprint density at radius 3 is 2.51 bits per heavy atom. The van der Waals surface area contributed by atoms with Crippen LogP contribution in [0.5, 0.6) is 5.75 Å². The Balaban J connectivity index is 1.67. The van der Waals surface area contributed by atoms with Gasteiger partial charge in [0.2, 0.25) is 0 Å². The molecule has 9 nitrogen and oxygen atoms in total. The van der Waals surface area contributed by atoms with E-state index < -0.39 is 22.8 Å². The Kier molecular flexibility index (Phi) is 6.36. The molecule has 1 N–H and O–H groups in total. The number of nitro benzene ring substituents is 1. The summed E-state index contributed by atoms with van der Waals surface area (Å²) in [5.74, 6) is -1.78. The topological polar surface area (TPSA) is 119 Å². The van der Waals surface area contributed by atoms with Crippen molar-refractivity contribution in [3.05, 3.63) is 105 Å². The lowest BCUT2D eigenvalue weighted by Crippen LogP contribution is -2.54. The molecule has 1 heterocycles. The minimum absolute atomic E-state index is 0.0575. The quantitative estimate of drug-likeness (QED) is 0.249. The Hall–Kier alpha value is -4.86. The van der Waals surface area contributed by atoms with Gasteiger partial charge in [-0.1, -0.05) is 36.4 Å². The molecule has 35 heavy (non-hydrogen) atoms. The van der Waals surface area contributed by atoms with Gasteiger partial charge in [0.1, 0.15) is 17.1 Å². The highest BCUT2D eigenvalue weighted by atomic mass is 19.1. The SMILES string of the molecule is COc1cc(/C=C2\C(=O)NC(=O)N(c3cccc([N+](=O)[O-])c3)C2=O)ccc1Cc1ccccc1F. The number of non-ortho nitro benzene ring substituents is 1. The number of carbonyl (C=O) groups is 3. The van der Waals surface area contributed by atoms with E-state index >= 15 is 0 Å². The molecule has 1 fully saturated rings. The Morgan fingerprint density at radius 1 is 1.03 bits per heavy atom. The summed E-state index contributed by atoms with van der Waals surface area (Å²) in [5, 5.41) is 13.2. The number of hydrogen-bond acceptors (Lipinski definition) is 6. The first-order chi connectivity index (χ1) is 16.8. The van der Waals surface area contributed by atoms with Gasteiger partial charge in [0, 0.05) is 18.6 Å². The summed E-state index contributed by atoms with van der Waals surface area (Å²) >= 11 is 0. The van der Waals surface area contributed by atoms with Gasteiger partial charge in [-0.2, -0.15) is 0 Å². The molecule has 4 amide bonds. The van der Waals surface area contributed by atoms with Gasteiger partial charge in [0.15, 0.2) is 0 Å². The van der Waals surface area contributed by atoms with Gasteiger partial charge in [-0.15, -0.1) is 0 Å². The summed E-state index contributed by atoms with van der Waals surface area (Å²) in [7, 11) is 1.44. The van der Waals surface area contributed by atoms with Crippen LogP contribution in [0.25, 0.3) is 6.08 Å². The van der Waals surface area contributed by atoms with E-state index in [0.29, 0.717) is 27.3 Å². The zero-order valence-electron chi connectivity index (χ0n) is 18.4. The number of hydrogen-bond donors (Lipinski definition) is 1. The van der Waals surface area contributed by atoms with Crippen LogP contribution < -0.4 is 15.0 Å². The van der Waals surface area contributed by atoms with Gasteiger partial charge in [0.05, 0.1) is 17.7 Å². The fraction of sp³-hybridized carbons (Fsp3) is 0.0800. The minimum Gasteiger partial charge on any atom is -0.496 e. The largest absolute Gasteiger partial charge is 0.496 e. The number of methoxy groups -OCH3 is 1. The molecule has 0 unspecified atom stereocenters. The van der Waals surface area contributed by atoms with Gasteiger partial charge in [-0.25, -0.2) is 14.1 Å². The minimum atomic E-state index is -1.02. The number of ether oxygens (including phenoxy) is 1. The van der Waals surface area contributed by atoms with Gasteiger partial charge in [0.25, 0.3) is 17.5 Å². The molecular weight excluding hydrogens is 457 g/mol. The third-order valence-electron chi connectivity index (χ3n) is 5.36. The number of benzene rings is 3. The first-order valence-electron chi connectivity index (χ1n) is 10.3. The molecule has 1 aliphatic heterocycles. The van der Waals surface area contributed by atoms with Crippen molar-refractivity contribution < 1.29 is 28.4 Å². The number of carbonyl (C=O) groups excluding carboxylic acids is 3. The molecule has 3 aromatic carbocycles. The molecule has 0 atom stereocenters. The molecule has 10 heteroatoms. The standard InChI is InChI=1S/C25H18FN3O6/c1-35-22-12-15(9-10-17(22)13-16-5-2-3-8-21(16)26)11-20-23(30)27-25(32)28(24(20)31)18-6-4-7-19(14-18)29(33)34/h2-12,14H,13H2,1H3,(H,27,30,32)/b20-11+. The van der Waals surface area contributed by atoms with Crippen LogP contribution in [0.3, 0.4) is 0 Å². The number of nitro groups is 1. The number of anilines is 1. The molecule has 0 aliphatic carbocycles. The summed E-state index contributed by atoms with van der Waals surface area (Å²) in [5.41, 5.74) is 0.863. The highest BCUT2D eigenvalue weighted by Crippen LogP contribution is 2.28. The van der Waals surface area contributed by atoms with Crippen molar-refractivity contribution in [2.75, 3.05) is 12.0 Å². The van der Waals surface area contributed by atoms with Gasteiger partial charge in [-0.05, 0) is 41.0 Å². The molecule has 0 radical (unpaired) electrons. The number of imide groups is 2. The number of nitrogens with one attached hydrogen (secondary N) is 1. The maximum atomic E-state index is 14.1. The number of barbiturate groups is 1. The van der Waals surface area contributed by atoms with Gasteiger partial charge < -0.3 is 4.74 Å². The van der Waals surface area contributed by atoms with Crippen molar-refractivity contribution >= 4 is 35.3 Å². The number of amides is 4. The zero-order chi connectivity index (χ0) is 25.1. The highest BCUT2D eigenvalue weighted by Gasteiger charge is 2.37. The predicted octanol–water partition coefficient (Wildman–Crippen LogP) is 4.00. The second-order valence-electron chi connectivity index (χ2n) is 7.57. The lowest BCUT2D eigenvalue weighted by atomic mass is 10.00. The fourth-order valence-corrected chi connectivity index (χ4v) is 3.65.